The lowest BCUT2D eigenvalue weighted by molar-refractivity contribution is 0.414. The minimum atomic E-state index is -1.21. The van der Waals surface area contributed by atoms with E-state index < -0.39 is 7.12 Å². The highest BCUT2D eigenvalue weighted by Gasteiger charge is 2.14. The van der Waals surface area contributed by atoms with Gasteiger partial charge in [-0.1, -0.05) is 25.3 Å². The molecule has 0 atom stereocenters. The zero-order chi connectivity index (χ0) is 8.10. The topological polar surface area (TPSA) is 40.5 Å². The monoisotopic (exact) mass is 154 g/mol. The zero-order valence-corrected chi connectivity index (χ0v) is 6.79. The molecule has 2 nitrogen and oxygen atoms in total. The molecule has 0 aromatic carbocycles. The zero-order valence-electron chi connectivity index (χ0n) is 6.79. The van der Waals surface area contributed by atoms with Gasteiger partial charge >= 0.3 is 7.12 Å². The molecule has 0 saturated heterocycles. The van der Waals surface area contributed by atoms with Crippen LogP contribution in [0.1, 0.15) is 38.5 Å². The standard InChI is InChI=1S/C8H15BO2/c10-9(11)8-6-4-2-1-3-5-7-8/h6,10-11H,1-5,7H2. The lowest BCUT2D eigenvalue weighted by atomic mass is 9.75. The summed E-state index contributed by atoms with van der Waals surface area (Å²) in [6.07, 6.45) is 8.64. The summed E-state index contributed by atoms with van der Waals surface area (Å²) in [5.74, 6) is 0. The first kappa shape index (κ1) is 8.82. The van der Waals surface area contributed by atoms with Crippen LogP contribution in [0.4, 0.5) is 0 Å². The average molecular weight is 154 g/mol. The van der Waals surface area contributed by atoms with Gasteiger partial charge in [0.25, 0.3) is 0 Å². The molecule has 0 amide bonds. The Morgan fingerprint density at radius 1 is 1.09 bits per heavy atom. The summed E-state index contributed by atoms with van der Waals surface area (Å²) in [6.45, 7) is 0. The molecule has 0 radical (unpaired) electrons. The minimum Gasteiger partial charge on any atom is -0.423 e. The molecule has 1 aliphatic rings. The molecule has 0 bridgehead atoms. The Kier molecular flexibility index (Phi) is 3.67. The van der Waals surface area contributed by atoms with E-state index in [0.29, 0.717) is 0 Å². The van der Waals surface area contributed by atoms with Crippen molar-refractivity contribution >= 4 is 7.12 Å². The predicted molar refractivity (Wildman–Crippen MR) is 46.0 cm³/mol. The van der Waals surface area contributed by atoms with Crippen LogP contribution in [0.2, 0.25) is 0 Å². The number of allylic oxidation sites excluding steroid dienone is 2. The van der Waals surface area contributed by atoms with Gasteiger partial charge in [-0.2, -0.15) is 0 Å². The highest BCUT2D eigenvalue weighted by atomic mass is 16.4. The molecule has 0 fully saturated rings. The second kappa shape index (κ2) is 4.57. The Hall–Kier alpha value is -0.275. The van der Waals surface area contributed by atoms with Crippen molar-refractivity contribution in [2.75, 3.05) is 0 Å². The largest absolute Gasteiger partial charge is 0.483 e. The lowest BCUT2D eigenvalue weighted by Crippen LogP contribution is -2.16. The Bertz CT molecular complexity index is 143. The van der Waals surface area contributed by atoms with Crippen LogP contribution >= 0.6 is 0 Å². The van der Waals surface area contributed by atoms with Gasteiger partial charge in [-0.25, -0.2) is 0 Å². The molecule has 3 heteroatoms. The predicted octanol–water partition coefficient (Wildman–Crippen LogP) is 1.28. The second-order valence-corrected chi connectivity index (χ2v) is 3.11. The molecule has 1 aliphatic carbocycles. The van der Waals surface area contributed by atoms with Gasteiger partial charge in [-0.3, -0.25) is 0 Å². The maximum atomic E-state index is 8.88. The minimum absolute atomic E-state index is 0.810. The van der Waals surface area contributed by atoms with E-state index in [0.717, 1.165) is 24.7 Å². The first-order valence-electron chi connectivity index (χ1n) is 4.36. The van der Waals surface area contributed by atoms with Crippen molar-refractivity contribution in [2.24, 2.45) is 0 Å². The third-order valence-electron chi connectivity index (χ3n) is 2.16. The summed E-state index contributed by atoms with van der Waals surface area (Å²) in [4.78, 5) is 0. The molecule has 2 N–H and O–H groups in total. The maximum absolute atomic E-state index is 8.88. The quantitative estimate of drug-likeness (QED) is 0.558. The van der Waals surface area contributed by atoms with Crippen molar-refractivity contribution in [1.29, 1.82) is 0 Å². The Balaban J connectivity index is 2.45. The summed E-state index contributed by atoms with van der Waals surface area (Å²) in [5, 5.41) is 17.8. The summed E-state index contributed by atoms with van der Waals surface area (Å²) < 4.78 is 0. The van der Waals surface area contributed by atoms with Crippen LogP contribution < -0.4 is 0 Å². The van der Waals surface area contributed by atoms with Crippen LogP contribution in [0.25, 0.3) is 0 Å². The molecular formula is C8H15BO2. The van der Waals surface area contributed by atoms with Gasteiger partial charge in [0.05, 0.1) is 0 Å². The number of rotatable bonds is 1. The van der Waals surface area contributed by atoms with Crippen molar-refractivity contribution in [3.8, 4) is 0 Å². The average Bonchev–Trinajstić information content (AvgIpc) is 1.84. The van der Waals surface area contributed by atoms with Gasteiger partial charge in [-0.15, -0.1) is 0 Å². The smallest absolute Gasteiger partial charge is 0.423 e. The van der Waals surface area contributed by atoms with Crippen LogP contribution in [-0.2, 0) is 0 Å². The van der Waals surface area contributed by atoms with Crippen molar-refractivity contribution in [3.63, 3.8) is 0 Å². The van der Waals surface area contributed by atoms with Crippen molar-refractivity contribution in [2.45, 2.75) is 38.5 Å². The molecule has 0 aromatic heterocycles. The molecule has 0 spiro atoms. The second-order valence-electron chi connectivity index (χ2n) is 3.11. The van der Waals surface area contributed by atoms with Gasteiger partial charge in [0, 0.05) is 0 Å². The van der Waals surface area contributed by atoms with Crippen LogP contribution in [0.15, 0.2) is 11.5 Å². The fraction of sp³-hybridized carbons (Fsp3) is 0.750. The summed E-state index contributed by atoms with van der Waals surface area (Å²) >= 11 is 0. The molecule has 0 saturated carbocycles. The third kappa shape index (κ3) is 3.08. The number of hydrogen-bond acceptors (Lipinski definition) is 2. The lowest BCUT2D eigenvalue weighted by Gasteiger charge is -2.09. The van der Waals surface area contributed by atoms with Crippen molar-refractivity contribution < 1.29 is 10.0 Å². The van der Waals surface area contributed by atoms with Crippen LogP contribution in [0.5, 0.6) is 0 Å². The Morgan fingerprint density at radius 2 is 1.82 bits per heavy atom. The highest BCUT2D eigenvalue weighted by molar-refractivity contribution is 6.50. The van der Waals surface area contributed by atoms with Gasteiger partial charge in [-0.05, 0) is 24.7 Å². The molecule has 62 valence electrons. The fourth-order valence-corrected chi connectivity index (χ4v) is 1.45. The molecule has 11 heavy (non-hydrogen) atoms. The van der Waals surface area contributed by atoms with Gasteiger partial charge in [0.1, 0.15) is 0 Å². The molecule has 0 heterocycles. The maximum Gasteiger partial charge on any atom is 0.483 e. The van der Waals surface area contributed by atoms with E-state index in [1.807, 2.05) is 6.08 Å². The van der Waals surface area contributed by atoms with Crippen LogP contribution in [0, 0.1) is 0 Å². The summed E-state index contributed by atoms with van der Waals surface area (Å²) in [7, 11) is -1.21. The van der Waals surface area contributed by atoms with Crippen LogP contribution in [-0.4, -0.2) is 17.2 Å². The first-order chi connectivity index (χ1) is 5.30. The van der Waals surface area contributed by atoms with E-state index in [9.17, 15) is 0 Å². The number of hydrogen-bond donors (Lipinski definition) is 2. The van der Waals surface area contributed by atoms with Crippen molar-refractivity contribution in [1.82, 2.24) is 0 Å². The highest BCUT2D eigenvalue weighted by Crippen LogP contribution is 2.17. The molecule has 0 aromatic rings. The van der Waals surface area contributed by atoms with E-state index in [-0.39, 0.29) is 0 Å². The van der Waals surface area contributed by atoms with Gasteiger partial charge in [0.2, 0.25) is 0 Å². The van der Waals surface area contributed by atoms with Gasteiger partial charge < -0.3 is 10.0 Å². The normalized spacial score (nSPS) is 20.0. The molecular weight excluding hydrogens is 139 g/mol. The molecule has 0 aliphatic heterocycles. The first-order valence-corrected chi connectivity index (χ1v) is 4.36. The van der Waals surface area contributed by atoms with Crippen molar-refractivity contribution in [3.05, 3.63) is 11.5 Å². The molecule has 1 rings (SSSR count). The van der Waals surface area contributed by atoms with E-state index in [4.69, 9.17) is 10.0 Å². The van der Waals surface area contributed by atoms with Gasteiger partial charge in [0.15, 0.2) is 0 Å². The SMILES string of the molecule is OB(O)C1=CCCCCCC1. The van der Waals surface area contributed by atoms with E-state index in [1.54, 1.807) is 0 Å². The fourth-order valence-electron chi connectivity index (χ4n) is 1.45. The summed E-state index contributed by atoms with van der Waals surface area (Å²) in [6, 6.07) is 0. The third-order valence-corrected chi connectivity index (χ3v) is 2.16. The molecule has 0 unspecified atom stereocenters. The summed E-state index contributed by atoms with van der Waals surface area (Å²) in [5.41, 5.74) is 0.810. The van der Waals surface area contributed by atoms with E-state index in [1.165, 1.54) is 19.3 Å². The Morgan fingerprint density at radius 3 is 2.55 bits per heavy atom. The van der Waals surface area contributed by atoms with Crippen LogP contribution in [0.3, 0.4) is 0 Å². The Labute approximate surface area is 68.1 Å². The van der Waals surface area contributed by atoms with E-state index >= 15 is 0 Å². The van der Waals surface area contributed by atoms with E-state index in [2.05, 4.69) is 0 Å².